The second kappa shape index (κ2) is 7.40. The molecule has 21 heavy (non-hydrogen) atoms. The van der Waals surface area contributed by atoms with Gasteiger partial charge in [-0.3, -0.25) is 0 Å². The molecule has 0 aromatic rings. The minimum absolute atomic E-state index is 0.465. The van der Waals surface area contributed by atoms with Crippen LogP contribution in [0.4, 0.5) is 0 Å². The zero-order chi connectivity index (χ0) is 15.5. The third-order valence-electron chi connectivity index (χ3n) is 5.24. The molecule has 1 aliphatic heterocycles. The van der Waals surface area contributed by atoms with Crippen LogP contribution in [-0.2, 0) is 10.0 Å². The Balaban J connectivity index is 1.95. The largest absolute Gasteiger partial charge is 0.330 e. The molecule has 124 valence electrons. The van der Waals surface area contributed by atoms with E-state index in [-0.39, 0.29) is 0 Å². The quantitative estimate of drug-likeness (QED) is 0.797. The highest BCUT2D eigenvalue weighted by atomic mass is 32.2. The van der Waals surface area contributed by atoms with Crippen LogP contribution in [0.1, 0.15) is 39.0 Å². The van der Waals surface area contributed by atoms with Crippen LogP contribution in [0.15, 0.2) is 0 Å². The lowest BCUT2D eigenvalue weighted by atomic mass is 9.96. The summed E-state index contributed by atoms with van der Waals surface area (Å²) in [5, 5.41) is 0. The molecule has 0 aromatic carbocycles. The summed E-state index contributed by atoms with van der Waals surface area (Å²) in [7, 11) is -3.04. The lowest BCUT2D eigenvalue weighted by molar-refractivity contribution is 0.122. The molecule has 1 saturated heterocycles. The van der Waals surface area contributed by atoms with Gasteiger partial charge in [0.25, 0.3) is 0 Å². The van der Waals surface area contributed by atoms with Crippen LogP contribution in [0, 0.1) is 11.8 Å². The fourth-order valence-corrected chi connectivity index (χ4v) is 5.02. The molecular weight excluding hydrogens is 286 g/mol. The highest BCUT2D eigenvalue weighted by Gasteiger charge is 2.33. The van der Waals surface area contributed by atoms with Crippen molar-refractivity contribution in [1.82, 2.24) is 9.21 Å². The summed E-state index contributed by atoms with van der Waals surface area (Å²) in [6, 6.07) is 0.605. The molecule has 2 aliphatic rings. The molecule has 5 nitrogen and oxygen atoms in total. The zero-order valence-electron chi connectivity index (χ0n) is 13.5. The third kappa shape index (κ3) is 4.41. The van der Waals surface area contributed by atoms with Gasteiger partial charge in [-0.15, -0.1) is 0 Å². The van der Waals surface area contributed by atoms with E-state index in [4.69, 9.17) is 5.73 Å². The molecule has 0 amide bonds. The molecule has 6 heteroatoms. The van der Waals surface area contributed by atoms with E-state index in [1.54, 1.807) is 4.31 Å². The van der Waals surface area contributed by atoms with Gasteiger partial charge in [-0.25, -0.2) is 12.7 Å². The molecular formula is C15H31N3O2S. The summed E-state index contributed by atoms with van der Waals surface area (Å²) < 4.78 is 25.1. The normalized spacial score (nSPS) is 31.9. The van der Waals surface area contributed by atoms with E-state index in [0.717, 1.165) is 32.5 Å². The maximum Gasteiger partial charge on any atom is 0.211 e. The van der Waals surface area contributed by atoms with Crippen molar-refractivity contribution in [3.05, 3.63) is 0 Å². The second-order valence-corrected chi connectivity index (χ2v) is 8.69. The van der Waals surface area contributed by atoms with Gasteiger partial charge in [0.1, 0.15) is 0 Å². The molecule has 0 aromatic heterocycles. The molecule has 2 fully saturated rings. The minimum Gasteiger partial charge on any atom is -0.330 e. The lowest BCUT2D eigenvalue weighted by Gasteiger charge is -2.38. The van der Waals surface area contributed by atoms with Gasteiger partial charge in [0.2, 0.25) is 10.0 Å². The molecule has 0 spiro atoms. The molecule has 0 bridgehead atoms. The Hall–Kier alpha value is -0.170. The van der Waals surface area contributed by atoms with Crippen LogP contribution in [0.25, 0.3) is 0 Å². The fraction of sp³-hybridized carbons (Fsp3) is 1.00. The van der Waals surface area contributed by atoms with Gasteiger partial charge in [-0.05, 0) is 50.6 Å². The first-order chi connectivity index (χ1) is 9.95. The summed E-state index contributed by atoms with van der Waals surface area (Å²) in [6.07, 6.45) is 7.23. The Kier molecular flexibility index (Phi) is 6.05. The number of hydrogen-bond acceptors (Lipinski definition) is 4. The average molecular weight is 317 g/mol. The summed E-state index contributed by atoms with van der Waals surface area (Å²) in [4.78, 5) is 2.56. The van der Waals surface area contributed by atoms with Crippen molar-refractivity contribution in [1.29, 1.82) is 0 Å². The first-order valence-electron chi connectivity index (χ1n) is 8.35. The second-order valence-electron chi connectivity index (χ2n) is 6.71. The van der Waals surface area contributed by atoms with Crippen molar-refractivity contribution in [2.24, 2.45) is 17.6 Å². The van der Waals surface area contributed by atoms with Crippen LogP contribution in [0.2, 0.25) is 0 Å². The van der Waals surface area contributed by atoms with E-state index in [0.29, 0.717) is 31.0 Å². The molecule has 1 heterocycles. The first-order valence-corrected chi connectivity index (χ1v) is 10.2. The molecule has 0 radical (unpaired) electrons. The Morgan fingerprint density at radius 1 is 1.24 bits per heavy atom. The number of piperidine rings is 1. The number of sulfonamides is 1. The molecule has 2 rings (SSSR count). The number of rotatable bonds is 6. The summed E-state index contributed by atoms with van der Waals surface area (Å²) in [5.41, 5.74) is 5.91. The predicted molar refractivity (Wildman–Crippen MR) is 86.6 cm³/mol. The Bertz CT molecular complexity index is 427. The van der Waals surface area contributed by atoms with Gasteiger partial charge in [-0.2, -0.15) is 0 Å². The van der Waals surface area contributed by atoms with E-state index >= 15 is 0 Å². The SMILES string of the molecule is CCN(CC1CCCN(S(C)(=O)=O)C1)C1CCCC1CN. The lowest BCUT2D eigenvalue weighted by Crippen LogP contribution is -2.47. The summed E-state index contributed by atoms with van der Waals surface area (Å²) >= 11 is 0. The Morgan fingerprint density at radius 3 is 2.62 bits per heavy atom. The van der Waals surface area contributed by atoms with E-state index in [9.17, 15) is 8.42 Å². The van der Waals surface area contributed by atoms with Crippen LogP contribution in [0.5, 0.6) is 0 Å². The minimum atomic E-state index is -3.04. The number of nitrogens with two attached hydrogens (primary N) is 1. The van der Waals surface area contributed by atoms with Crippen LogP contribution >= 0.6 is 0 Å². The smallest absolute Gasteiger partial charge is 0.211 e. The van der Waals surface area contributed by atoms with Crippen LogP contribution in [-0.4, -0.2) is 62.6 Å². The van der Waals surface area contributed by atoms with Crippen molar-refractivity contribution >= 4 is 10.0 Å². The van der Waals surface area contributed by atoms with Crippen molar-refractivity contribution in [3.8, 4) is 0 Å². The summed E-state index contributed by atoms with van der Waals surface area (Å²) in [5.74, 6) is 1.09. The highest BCUT2D eigenvalue weighted by molar-refractivity contribution is 7.88. The van der Waals surface area contributed by atoms with E-state index in [2.05, 4.69) is 11.8 Å². The van der Waals surface area contributed by atoms with E-state index in [1.165, 1.54) is 25.5 Å². The van der Waals surface area contributed by atoms with Gasteiger partial charge in [0.15, 0.2) is 0 Å². The van der Waals surface area contributed by atoms with Crippen molar-refractivity contribution in [2.75, 3.05) is 39.0 Å². The maximum absolute atomic E-state index is 11.7. The van der Waals surface area contributed by atoms with Gasteiger partial charge in [-0.1, -0.05) is 13.3 Å². The average Bonchev–Trinajstić information content (AvgIpc) is 2.92. The standard InChI is InChI=1S/C15H31N3O2S/c1-3-17(15-8-4-7-14(15)10-16)11-13-6-5-9-18(12-13)21(2,19)20/h13-15H,3-12,16H2,1-2H3. The number of hydrogen-bond donors (Lipinski definition) is 1. The Morgan fingerprint density at radius 2 is 2.00 bits per heavy atom. The first kappa shape index (κ1) is 17.2. The molecule has 1 saturated carbocycles. The van der Waals surface area contributed by atoms with Crippen LogP contribution < -0.4 is 5.73 Å². The zero-order valence-corrected chi connectivity index (χ0v) is 14.3. The predicted octanol–water partition coefficient (Wildman–Crippen LogP) is 1.11. The third-order valence-corrected chi connectivity index (χ3v) is 6.51. The van der Waals surface area contributed by atoms with Gasteiger partial charge in [0, 0.05) is 25.7 Å². The van der Waals surface area contributed by atoms with Crippen LogP contribution in [0.3, 0.4) is 0 Å². The topological polar surface area (TPSA) is 66.6 Å². The maximum atomic E-state index is 11.7. The highest BCUT2D eigenvalue weighted by Crippen LogP contribution is 2.30. The molecule has 3 atom stereocenters. The monoisotopic (exact) mass is 317 g/mol. The molecule has 3 unspecified atom stereocenters. The van der Waals surface area contributed by atoms with Gasteiger partial charge < -0.3 is 10.6 Å². The van der Waals surface area contributed by atoms with Gasteiger partial charge >= 0.3 is 0 Å². The van der Waals surface area contributed by atoms with E-state index in [1.807, 2.05) is 0 Å². The molecule has 1 aliphatic carbocycles. The Labute approximate surface area is 129 Å². The van der Waals surface area contributed by atoms with Crippen molar-refractivity contribution < 1.29 is 8.42 Å². The van der Waals surface area contributed by atoms with E-state index < -0.39 is 10.0 Å². The van der Waals surface area contributed by atoms with Crippen molar-refractivity contribution in [3.63, 3.8) is 0 Å². The fourth-order valence-electron chi connectivity index (χ4n) is 4.08. The summed E-state index contributed by atoms with van der Waals surface area (Å²) in [6.45, 7) is 6.43. The number of nitrogens with zero attached hydrogens (tertiary/aromatic N) is 2. The van der Waals surface area contributed by atoms with Gasteiger partial charge in [0.05, 0.1) is 6.26 Å². The van der Waals surface area contributed by atoms with Crippen molar-refractivity contribution in [2.45, 2.75) is 45.1 Å². The molecule has 2 N–H and O–H groups in total.